The van der Waals surface area contributed by atoms with Gasteiger partial charge >= 0.3 is 0 Å². The molecule has 0 aliphatic heterocycles. The molecule has 0 aromatic carbocycles. The highest BCUT2D eigenvalue weighted by molar-refractivity contribution is 5.87. The zero-order chi connectivity index (χ0) is 15.0. The van der Waals surface area contributed by atoms with E-state index < -0.39 is 6.04 Å². The molecule has 0 heterocycles. The van der Waals surface area contributed by atoms with Gasteiger partial charge in [0.05, 0.1) is 25.3 Å². The molecule has 7 heteroatoms. The Morgan fingerprint density at radius 1 is 1.24 bits per heavy atom. The van der Waals surface area contributed by atoms with Crippen LogP contribution in [-0.4, -0.2) is 43.7 Å². The minimum absolute atomic E-state index is 0. The first kappa shape index (κ1) is 20.1. The molecule has 1 saturated carbocycles. The Balaban J connectivity index is 0.00000400. The number of hydrogen-bond donors (Lipinski definition) is 3. The van der Waals surface area contributed by atoms with Crippen molar-refractivity contribution in [1.29, 1.82) is 0 Å². The van der Waals surface area contributed by atoms with Gasteiger partial charge in [0, 0.05) is 6.54 Å². The van der Waals surface area contributed by atoms with Crippen LogP contribution in [0.25, 0.3) is 0 Å². The maximum Gasteiger partial charge on any atom is 0.239 e. The lowest BCUT2D eigenvalue weighted by atomic mass is 10.1. The molecule has 1 fully saturated rings. The first-order valence-electron chi connectivity index (χ1n) is 7.42. The summed E-state index contributed by atoms with van der Waals surface area (Å²) in [6.07, 6.45) is 5.07. The van der Waals surface area contributed by atoms with Crippen molar-refractivity contribution >= 4 is 24.2 Å². The molecular weight excluding hydrogens is 294 g/mol. The Bertz CT molecular complexity index is 321. The summed E-state index contributed by atoms with van der Waals surface area (Å²) in [5.74, 6) is -0.459. The summed E-state index contributed by atoms with van der Waals surface area (Å²) < 4.78 is 5.63. The zero-order valence-electron chi connectivity index (χ0n) is 12.9. The molecule has 1 aliphatic carbocycles. The van der Waals surface area contributed by atoms with Gasteiger partial charge in [0.2, 0.25) is 11.8 Å². The summed E-state index contributed by atoms with van der Waals surface area (Å²) in [5, 5.41) is 5.24. The van der Waals surface area contributed by atoms with Gasteiger partial charge in [-0.1, -0.05) is 26.7 Å². The van der Waals surface area contributed by atoms with Crippen LogP contribution in [-0.2, 0) is 14.3 Å². The Hall–Kier alpha value is -0.850. The van der Waals surface area contributed by atoms with E-state index in [4.69, 9.17) is 10.5 Å². The van der Waals surface area contributed by atoms with Gasteiger partial charge in [0.25, 0.3) is 0 Å². The molecule has 124 valence electrons. The number of amides is 2. The fourth-order valence-corrected chi connectivity index (χ4v) is 2.12. The second-order valence-electron chi connectivity index (χ2n) is 5.61. The van der Waals surface area contributed by atoms with Crippen LogP contribution in [0.5, 0.6) is 0 Å². The highest BCUT2D eigenvalue weighted by Crippen LogP contribution is 2.20. The van der Waals surface area contributed by atoms with Gasteiger partial charge in [-0.2, -0.15) is 0 Å². The molecule has 2 amide bonds. The van der Waals surface area contributed by atoms with E-state index in [1.54, 1.807) is 0 Å². The number of nitrogens with two attached hydrogens (primary N) is 1. The fourth-order valence-electron chi connectivity index (χ4n) is 2.12. The second-order valence-corrected chi connectivity index (χ2v) is 5.61. The number of carbonyl (C=O) groups is 2. The summed E-state index contributed by atoms with van der Waals surface area (Å²) in [6.45, 7) is 4.69. The molecule has 1 atom stereocenters. The van der Waals surface area contributed by atoms with Crippen LogP contribution < -0.4 is 16.4 Å². The van der Waals surface area contributed by atoms with Crippen molar-refractivity contribution in [1.82, 2.24) is 10.6 Å². The van der Waals surface area contributed by atoms with E-state index in [2.05, 4.69) is 10.6 Å². The van der Waals surface area contributed by atoms with Crippen LogP contribution in [0, 0.1) is 5.92 Å². The third-order valence-corrected chi connectivity index (χ3v) is 3.52. The normalized spacial score (nSPS) is 16.4. The molecule has 0 radical (unpaired) electrons. The molecule has 0 aromatic heterocycles. The summed E-state index contributed by atoms with van der Waals surface area (Å²) >= 11 is 0. The minimum Gasteiger partial charge on any atom is -0.376 e. The molecule has 21 heavy (non-hydrogen) atoms. The highest BCUT2D eigenvalue weighted by Gasteiger charge is 2.17. The van der Waals surface area contributed by atoms with Gasteiger partial charge < -0.3 is 21.1 Å². The SMILES string of the molecule is CC(C)[C@H](N)C(=O)NCC(=O)NCCOC1CCCC1.Cl. The van der Waals surface area contributed by atoms with Crippen molar-refractivity contribution in [2.24, 2.45) is 11.7 Å². The predicted octanol–water partition coefficient (Wildman–Crippen LogP) is 0.583. The predicted molar refractivity (Wildman–Crippen MR) is 84.3 cm³/mol. The first-order chi connectivity index (χ1) is 9.50. The number of ether oxygens (including phenoxy) is 1. The molecular formula is C14H28ClN3O3. The lowest BCUT2D eigenvalue weighted by Gasteiger charge is -2.15. The van der Waals surface area contributed by atoms with Gasteiger partial charge in [-0.05, 0) is 18.8 Å². The van der Waals surface area contributed by atoms with E-state index >= 15 is 0 Å². The smallest absolute Gasteiger partial charge is 0.239 e. The zero-order valence-corrected chi connectivity index (χ0v) is 13.7. The third-order valence-electron chi connectivity index (χ3n) is 3.52. The Kier molecular flexibility index (Phi) is 10.4. The van der Waals surface area contributed by atoms with Crippen LogP contribution >= 0.6 is 12.4 Å². The number of carbonyl (C=O) groups excluding carboxylic acids is 2. The number of nitrogens with one attached hydrogen (secondary N) is 2. The number of hydrogen-bond acceptors (Lipinski definition) is 4. The molecule has 0 bridgehead atoms. The molecule has 1 aliphatic rings. The number of rotatable bonds is 8. The average molecular weight is 322 g/mol. The van der Waals surface area contributed by atoms with Crippen molar-refractivity contribution in [2.75, 3.05) is 19.7 Å². The average Bonchev–Trinajstić information content (AvgIpc) is 2.93. The second kappa shape index (κ2) is 10.8. The van der Waals surface area contributed by atoms with E-state index in [0.29, 0.717) is 19.3 Å². The molecule has 1 rings (SSSR count). The monoisotopic (exact) mass is 321 g/mol. The largest absolute Gasteiger partial charge is 0.376 e. The summed E-state index contributed by atoms with van der Waals surface area (Å²) in [4.78, 5) is 23.1. The van der Waals surface area contributed by atoms with E-state index in [9.17, 15) is 9.59 Å². The van der Waals surface area contributed by atoms with E-state index in [1.165, 1.54) is 12.8 Å². The lowest BCUT2D eigenvalue weighted by Crippen LogP contribution is -2.47. The van der Waals surface area contributed by atoms with Crippen molar-refractivity contribution in [3.8, 4) is 0 Å². The van der Waals surface area contributed by atoms with E-state index in [0.717, 1.165) is 12.8 Å². The van der Waals surface area contributed by atoms with Gasteiger partial charge in [0.15, 0.2) is 0 Å². The number of halogens is 1. The van der Waals surface area contributed by atoms with Crippen molar-refractivity contribution in [3.05, 3.63) is 0 Å². The topological polar surface area (TPSA) is 93.5 Å². The molecule has 0 unspecified atom stereocenters. The van der Waals surface area contributed by atoms with Crippen molar-refractivity contribution in [3.63, 3.8) is 0 Å². The quantitative estimate of drug-likeness (QED) is 0.570. The van der Waals surface area contributed by atoms with Crippen LogP contribution in [0.3, 0.4) is 0 Å². The maximum absolute atomic E-state index is 11.6. The van der Waals surface area contributed by atoms with Crippen LogP contribution in [0.1, 0.15) is 39.5 Å². The molecule has 0 saturated heterocycles. The van der Waals surface area contributed by atoms with Crippen LogP contribution in [0.2, 0.25) is 0 Å². The molecule has 6 nitrogen and oxygen atoms in total. The van der Waals surface area contributed by atoms with Crippen molar-refractivity contribution in [2.45, 2.75) is 51.7 Å². The van der Waals surface area contributed by atoms with Crippen LogP contribution in [0.15, 0.2) is 0 Å². The van der Waals surface area contributed by atoms with E-state index in [-0.39, 0.29) is 36.7 Å². The Labute approximate surface area is 133 Å². The highest BCUT2D eigenvalue weighted by atomic mass is 35.5. The summed E-state index contributed by atoms with van der Waals surface area (Å²) in [5.41, 5.74) is 5.67. The molecule has 4 N–H and O–H groups in total. The Morgan fingerprint density at radius 3 is 2.43 bits per heavy atom. The maximum atomic E-state index is 11.6. The standard InChI is InChI=1S/C14H27N3O3.ClH/c1-10(2)13(15)14(19)17-9-12(18)16-7-8-20-11-5-3-4-6-11;/h10-11,13H,3-9,15H2,1-2H3,(H,16,18)(H,17,19);1H/t13-;/m0./s1. The van der Waals surface area contributed by atoms with Gasteiger partial charge in [-0.15, -0.1) is 12.4 Å². The minimum atomic E-state index is -0.575. The lowest BCUT2D eigenvalue weighted by molar-refractivity contribution is -0.127. The van der Waals surface area contributed by atoms with E-state index in [1.807, 2.05) is 13.8 Å². The van der Waals surface area contributed by atoms with Gasteiger partial charge in [-0.3, -0.25) is 9.59 Å². The Morgan fingerprint density at radius 2 is 1.86 bits per heavy atom. The first-order valence-corrected chi connectivity index (χ1v) is 7.42. The molecule has 0 spiro atoms. The van der Waals surface area contributed by atoms with Gasteiger partial charge in [0.1, 0.15) is 0 Å². The summed E-state index contributed by atoms with van der Waals surface area (Å²) in [6, 6.07) is -0.575. The third kappa shape index (κ3) is 8.24. The van der Waals surface area contributed by atoms with Crippen LogP contribution in [0.4, 0.5) is 0 Å². The van der Waals surface area contributed by atoms with Gasteiger partial charge in [-0.25, -0.2) is 0 Å². The fraction of sp³-hybridized carbons (Fsp3) is 0.857. The molecule has 0 aromatic rings. The summed E-state index contributed by atoms with van der Waals surface area (Å²) in [7, 11) is 0. The van der Waals surface area contributed by atoms with Crippen molar-refractivity contribution < 1.29 is 14.3 Å².